The molecule has 0 spiro atoms. The van der Waals surface area contributed by atoms with Crippen molar-refractivity contribution in [3.05, 3.63) is 59.2 Å². The minimum atomic E-state index is -0.379. The van der Waals surface area contributed by atoms with Gasteiger partial charge < -0.3 is 24.4 Å². The average Bonchev–Trinajstić information content (AvgIpc) is 3.19. The molecule has 2 aliphatic heterocycles. The lowest BCUT2D eigenvalue weighted by Gasteiger charge is -2.31. The molecule has 7 heteroatoms. The van der Waals surface area contributed by atoms with Crippen LogP contribution < -0.4 is 19.7 Å². The Labute approximate surface area is 163 Å². The van der Waals surface area contributed by atoms with Crippen LogP contribution in [0.5, 0.6) is 11.5 Å². The van der Waals surface area contributed by atoms with Crippen LogP contribution in [0.3, 0.4) is 0 Å². The van der Waals surface area contributed by atoms with Crippen LogP contribution in [-0.4, -0.2) is 38.4 Å². The number of methoxy groups -OCH3 is 1. The fourth-order valence-electron chi connectivity index (χ4n) is 3.76. The Balaban J connectivity index is 1.40. The monoisotopic (exact) mass is 383 g/mol. The van der Waals surface area contributed by atoms with Crippen molar-refractivity contribution in [3.63, 3.8) is 0 Å². The van der Waals surface area contributed by atoms with Crippen LogP contribution in [0.4, 0.5) is 0 Å². The van der Waals surface area contributed by atoms with Gasteiger partial charge in [-0.2, -0.15) is 0 Å². The second kappa shape index (κ2) is 7.90. The number of rotatable bonds is 5. The summed E-state index contributed by atoms with van der Waals surface area (Å²) in [7, 11) is 1.39. The van der Waals surface area contributed by atoms with Gasteiger partial charge in [-0.1, -0.05) is 30.3 Å². The average molecular weight is 383 g/mol. The van der Waals surface area contributed by atoms with Crippen LogP contribution >= 0.6 is 0 Å². The first-order valence-electron chi connectivity index (χ1n) is 9.28. The summed E-state index contributed by atoms with van der Waals surface area (Å²) in [6.07, 6.45) is 0.577. The number of amides is 1. The van der Waals surface area contributed by atoms with E-state index in [0.717, 1.165) is 16.0 Å². The molecular formula is C21H23N2O5+. The van der Waals surface area contributed by atoms with Crippen molar-refractivity contribution in [2.24, 2.45) is 0 Å². The third-order valence-corrected chi connectivity index (χ3v) is 5.25. The first kappa shape index (κ1) is 18.3. The van der Waals surface area contributed by atoms with Crippen molar-refractivity contribution >= 4 is 11.9 Å². The van der Waals surface area contributed by atoms with Gasteiger partial charge in [-0.3, -0.25) is 4.79 Å². The maximum Gasteiger partial charge on any atom is 0.365 e. The number of hydrogen-bond donors (Lipinski definition) is 2. The van der Waals surface area contributed by atoms with Gasteiger partial charge in [0.1, 0.15) is 6.54 Å². The molecule has 1 amide bonds. The van der Waals surface area contributed by atoms with E-state index in [1.54, 1.807) is 0 Å². The van der Waals surface area contributed by atoms with E-state index in [-0.39, 0.29) is 31.3 Å². The van der Waals surface area contributed by atoms with Crippen LogP contribution in [0, 0.1) is 0 Å². The Kier molecular flexibility index (Phi) is 5.16. The highest BCUT2D eigenvalue weighted by molar-refractivity contribution is 5.78. The number of hydrogen-bond acceptors (Lipinski definition) is 5. The standard InChI is InChI=1S/C21H22N2O5/c1-26-21(25)17-9-15-4-2-3-5-16(15)11-23(17)12-20(24)22-10-14-6-7-18-19(8-14)28-13-27-18/h2-8,17H,9-13H2,1H3,(H,22,24)/p+1/t17-/m1/s1. The van der Waals surface area contributed by atoms with Crippen molar-refractivity contribution in [1.82, 2.24) is 5.32 Å². The van der Waals surface area contributed by atoms with Crippen molar-refractivity contribution < 1.29 is 28.7 Å². The molecule has 28 heavy (non-hydrogen) atoms. The lowest BCUT2D eigenvalue weighted by molar-refractivity contribution is -0.924. The highest BCUT2D eigenvalue weighted by Crippen LogP contribution is 2.32. The van der Waals surface area contributed by atoms with Crippen LogP contribution in [0.25, 0.3) is 0 Å². The highest BCUT2D eigenvalue weighted by Gasteiger charge is 2.37. The van der Waals surface area contributed by atoms with E-state index in [9.17, 15) is 9.59 Å². The van der Waals surface area contributed by atoms with Crippen molar-refractivity contribution in [2.45, 2.75) is 25.6 Å². The van der Waals surface area contributed by atoms with Gasteiger partial charge >= 0.3 is 5.97 Å². The van der Waals surface area contributed by atoms with Crippen molar-refractivity contribution in [3.8, 4) is 11.5 Å². The number of carbonyl (C=O) groups excluding carboxylic acids is 2. The Hall–Kier alpha value is -3.06. The molecule has 0 aromatic heterocycles. The summed E-state index contributed by atoms with van der Waals surface area (Å²) in [5.74, 6) is 1.01. The summed E-state index contributed by atoms with van der Waals surface area (Å²) in [6, 6.07) is 13.2. The zero-order valence-corrected chi connectivity index (χ0v) is 15.7. The van der Waals surface area contributed by atoms with Crippen LogP contribution in [0.2, 0.25) is 0 Å². The molecule has 2 aromatic rings. The fourth-order valence-corrected chi connectivity index (χ4v) is 3.76. The molecule has 0 saturated carbocycles. The van der Waals surface area contributed by atoms with E-state index in [1.807, 2.05) is 42.5 Å². The van der Waals surface area contributed by atoms with Gasteiger partial charge in [-0.25, -0.2) is 4.79 Å². The van der Waals surface area contributed by atoms with E-state index in [4.69, 9.17) is 14.2 Å². The van der Waals surface area contributed by atoms with E-state index >= 15 is 0 Å². The minimum Gasteiger partial charge on any atom is -0.465 e. The first-order chi connectivity index (χ1) is 13.6. The number of nitrogens with one attached hydrogen (secondary N) is 2. The largest absolute Gasteiger partial charge is 0.465 e. The predicted molar refractivity (Wildman–Crippen MR) is 99.9 cm³/mol. The molecule has 146 valence electrons. The molecule has 0 aliphatic carbocycles. The number of carbonyl (C=O) groups is 2. The number of quaternary nitrogens is 1. The molecule has 2 N–H and O–H groups in total. The van der Waals surface area contributed by atoms with E-state index in [2.05, 4.69) is 5.32 Å². The van der Waals surface area contributed by atoms with Crippen LogP contribution in [0.15, 0.2) is 42.5 Å². The normalized spacial score (nSPS) is 19.6. The smallest absolute Gasteiger partial charge is 0.365 e. The zero-order valence-electron chi connectivity index (χ0n) is 15.7. The molecule has 1 unspecified atom stereocenters. The Morgan fingerprint density at radius 1 is 1.14 bits per heavy atom. The van der Waals surface area contributed by atoms with Gasteiger partial charge in [0, 0.05) is 18.5 Å². The minimum absolute atomic E-state index is 0.110. The van der Waals surface area contributed by atoms with E-state index < -0.39 is 0 Å². The highest BCUT2D eigenvalue weighted by atomic mass is 16.7. The van der Waals surface area contributed by atoms with Gasteiger partial charge in [0.2, 0.25) is 6.79 Å². The maximum absolute atomic E-state index is 12.5. The van der Waals surface area contributed by atoms with Gasteiger partial charge in [0.25, 0.3) is 5.91 Å². The molecule has 0 radical (unpaired) electrons. The third kappa shape index (κ3) is 3.80. The molecular weight excluding hydrogens is 360 g/mol. The van der Waals surface area contributed by atoms with Gasteiger partial charge in [0.05, 0.1) is 7.11 Å². The molecule has 2 heterocycles. The van der Waals surface area contributed by atoms with Crippen LogP contribution in [-0.2, 0) is 33.8 Å². The van der Waals surface area contributed by atoms with Gasteiger partial charge in [-0.05, 0) is 23.3 Å². The molecule has 2 aliphatic rings. The molecule has 7 nitrogen and oxygen atoms in total. The Bertz CT molecular complexity index is 898. The summed E-state index contributed by atoms with van der Waals surface area (Å²) in [5, 5.41) is 2.93. The lowest BCUT2D eigenvalue weighted by atomic mass is 9.94. The van der Waals surface area contributed by atoms with Crippen molar-refractivity contribution in [2.75, 3.05) is 20.4 Å². The summed E-state index contributed by atoms with van der Waals surface area (Å²) in [6.45, 7) is 1.44. The third-order valence-electron chi connectivity index (χ3n) is 5.25. The quantitative estimate of drug-likeness (QED) is 0.722. The van der Waals surface area contributed by atoms with Crippen LogP contribution in [0.1, 0.15) is 16.7 Å². The molecule has 4 rings (SSSR count). The number of esters is 1. The number of benzene rings is 2. The SMILES string of the molecule is COC(=O)[C@H]1Cc2ccccc2C[NH+]1CC(=O)NCc1ccc2c(c1)OCO2. The molecule has 2 aromatic carbocycles. The predicted octanol–water partition coefficient (Wildman–Crippen LogP) is 0.214. The topological polar surface area (TPSA) is 78.3 Å². The van der Waals surface area contributed by atoms with Crippen molar-refractivity contribution in [1.29, 1.82) is 0 Å². The molecule has 0 bridgehead atoms. The second-order valence-corrected chi connectivity index (χ2v) is 7.02. The van der Waals surface area contributed by atoms with E-state index in [1.165, 1.54) is 12.7 Å². The lowest BCUT2D eigenvalue weighted by Crippen LogP contribution is -3.17. The number of ether oxygens (including phenoxy) is 3. The fraction of sp³-hybridized carbons (Fsp3) is 0.333. The summed E-state index contributed by atoms with van der Waals surface area (Å²) in [4.78, 5) is 25.7. The van der Waals surface area contributed by atoms with E-state index in [0.29, 0.717) is 31.0 Å². The molecule has 0 saturated heterocycles. The maximum atomic E-state index is 12.5. The molecule has 2 atom stereocenters. The Morgan fingerprint density at radius 2 is 1.93 bits per heavy atom. The number of fused-ring (bicyclic) bond motifs is 2. The zero-order chi connectivity index (χ0) is 19.5. The summed E-state index contributed by atoms with van der Waals surface area (Å²) in [5.41, 5.74) is 3.24. The van der Waals surface area contributed by atoms with Gasteiger partial charge in [-0.15, -0.1) is 0 Å². The summed E-state index contributed by atoms with van der Waals surface area (Å²) < 4.78 is 15.6. The summed E-state index contributed by atoms with van der Waals surface area (Å²) >= 11 is 0. The second-order valence-electron chi connectivity index (χ2n) is 7.02. The first-order valence-corrected chi connectivity index (χ1v) is 9.28. The Morgan fingerprint density at radius 3 is 2.75 bits per heavy atom. The molecule has 0 fully saturated rings. The van der Waals surface area contributed by atoms with Gasteiger partial charge in [0.15, 0.2) is 24.1 Å².